The van der Waals surface area contributed by atoms with E-state index >= 15 is 0 Å². The number of aliphatic hydroxyl groups is 1. The number of nitrogens with two attached hydrogens (primary N) is 1. The number of nitrogen functional groups attached to an aromatic ring is 1. The molecule has 3 aromatic rings. The summed E-state index contributed by atoms with van der Waals surface area (Å²) in [5, 5.41) is 23.5. The summed E-state index contributed by atoms with van der Waals surface area (Å²) in [5.74, 6) is -0.0516. The molecule has 0 saturated carbocycles. The molecule has 0 saturated heterocycles. The van der Waals surface area contributed by atoms with Gasteiger partial charge in [-0.2, -0.15) is 0 Å². The number of carboxylic acids is 1. The molecule has 0 unspecified atom stereocenters. The summed E-state index contributed by atoms with van der Waals surface area (Å²) in [4.78, 5) is 15.3. The van der Waals surface area contributed by atoms with Crippen LogP contribution in [0.5, 0.6) is 11.5 Å². The van der Waals surface area contributed by atoms with Crippen LogP contribution in [-0.2, 0) is 12.8 Å². The Morgan fingerprint density at radius 1 is 1.15 bits per heavy atom. The number of halogens is 3. The van der Waals surface area contributed by atoms with E-state index in [4.69, 9.17) is 22.1 Å². The second-order valence-corrected chi connectivity index (χ2v) is 8.29. The van der Waals surface area contributed by atoms with Gasteiger partial charge in [-0.3, -0.25) is 0 Å². The molecule has 1 aliphatic rings. The zero-order valence-corrected chi connectivity index (χ0v) is 20.5. The maximum Gasteiger partial charge on any atom is 0.335 e. The zero-order valence-electron chi connectivity index (χ0n) is 18.1. The predicted octanol–water partition coefficient (Wildman–Crippen LogP) is 4.83. The van der Waals surface area contributed by atoms with E-state index in [-0.39, 0.29) is 36.4 Å². The summed E-state index contributed by atoms with van der Waals surface area (Å²) in [6.45, 7) is 0.417. The largest absolute Gasteiger partial charge is 0.478 e. The Kier molecular flexibility index (Phi) is 9.97. The summed E-state index contributed by atoms with van der Waals surface area (Å²) in [7, 11) is 0. The van der Waals surface area contributed by atoms with Gasteiger partial charge in [0.25, 0.3) is 0 Å². The Bertz CT molecular complexity index is 1130. The van der Waals surface area contributed by atoms with Gasteiger partial charge in [-0.05, 0) is 60.7 Å². The number of pyridine rings is 1. The molecule has 2 aromatic carbocycles. The fourth-order valence-electron chi connectivity index (χ4n) is 3.89. The number of nitrogens with one attached hydrogen (secondary N) is 1. The molecule has 7 nitrogen and oxygen atoms in total. The van der Waals surface area contributed by atoms with Crippen LogP contribution in [0.3, 0.4) is 0 Å². The molecular formula is C24H26Cl3N3O4. The molecule has 0 aliphatic heterocycles. The van der Waals surface area contributed by atoms with E-state index in [1.54, 1.807) is 24.4 Å². The molecule has 10 heteroatoms. The lowest BCUT2D eigenvalue weighted by Gasteiger charge is -2.27. The Morgan fingerprint density at radius 2 is 1.94 bits per heavy atom. The molecule has 2 atom stereocenters. The first-order valence-electron chi connectivity index (χ1n) is 10.3. The molecule has 1 aromatic heterocycles. The molecule has 0 bridgehead atoms. The number of carboxylic acid groups (broad SMARTS) is 1. The Balaban J connectivity index is 0.00000204. The molecule has 34 heavy (non-hydrogen) atoms. The second kappa shape index (κ2) is 12.2. The Morgan fingerprint density at radius 3 is 2.65 bits per heavy atom. The van der Waals surface area contributed by atoms with Crippen LogP contribution in [0.15, 0.2) is 54.7 Å². The van der Waals surface area contributed by atoms with Crippen LogP contribution in [-0.4, -0.2) is 33.8 Å². The van der Waals surface area contributed by atoms with Gasteiger partial charge in [-0.25, -0.2) is 9.78 Å². The van der Waals surface area contributed by atoms with Gasteiger partial charge in [0.05, 0.1) is 11.7 Å². The lowest BCUT2D eigenvalue weighted by Crippen LogP contribution is -2.37. The van der Waals surface area contributed by atoms with Crippen molar-refractivity contribution in [1.82, 2.24) is 10.3 Å². The van der Waals surface area contributed by atoms with Gasteiger partial charge in [-0.15, -0.1) is 24.8 Å². The van der Waals surface area contributed by atoms with Crippen molar-refractivity contribution in [2.75, 3.05) is 12.3 Å². The number of hydrogen-bond donors (Lipinski definition) is 4. The summed E-state index contributed by atoms with van der Waals surface area (Å²) in [5.41, 5.74) is 9.36. The zero-order chi connectivity index (χ0) is 22.7. The average Bonchev–Trinajstić information content (AvgIpc) is 2.77. The first kappa shape index (κ1) is 27.7. The van der Waals surface area contributed by atoms with Crippen LogP contribution < -0.4 is 15.8 Å². The predicted molar refractivity (Wildman–Crippen MR) is 137 cm³/mol. The highest BCUT2D eigenvalue weighted by molar-refractivity contribution is 6.29. The van der Waals surface area contributed by atoms with Crippen molar-refractivity contribution in [1.29, 1.82) is 0 Å². The number of aliphatic hydroxyl groups excluding tert-OH is 1. The number of carbonyl (C=O) groups is 1. The van der Waals surface area contributed by atoms with E-state index in [1.165, 1.54) is 17.7 Å². The van der Waals surface area contributed by atoms with E-state index in [1.807, 2.05) is 18.2 Å². The highest BCUT2D eigenvalue weighted by atomic mass is 35.5. The minimum atomic E-state index is -1.06. The monoisotopic (exact) mass is 525 g/mol. The number of ether oxygens (including phenoxy) is 1. The van der Waals surface area contributed by atoms with Crippen molar-refractivity contribution in [2.45, 2.75) is 31.4 Å². The van der Waals surface area contributed by atoms with Gasteiger partial charge in [0.1, 0.15) is 16.7 Å². The van der Waals surface area contributed by atoms with Gasteiger partial charge >= 0.3 is 5.97 Å². The Hall–Kier alpha value is -2.55. The summed E-state index contributed by atoms with van der Waals surface area (Å²) >= 11 is 5.81. The molecule has 5 N–H and O–H groups in total. The normalized spacial score (nSPS) is 15.3. The molecular weight excluding hydrogens is 501 g/mol. The van der Waals surface area contributed by atoms with Crippen molar-refractivity contribution in [2.24, 2.45) is 0 Å². The average molecular weight is 527 g/mol. The van der Waals surface area contributed by atoms with Crippen LogP contribution in [0.4, 0.5) is 5.69 Å². The third-order valence-electron chi connectivity index (χ3n) is 5.55. The number of rotatable bonds is 7. The van der Waals surface area contributed by atoms with Crippen LogP contribution in [0.25, 0.3) is 0 Å². The third-order valence-corrected chi connectivity index (χ3v) is 5.78. The SMILES string of the molecule is Cl.Cl.Nc1cc(Oc2ccc3c(c2)C[C@@H](NC[C@H](O)c2ccc(Cl)nc2)CC3)cc(C(=O)O)c1. The third kappa shape index (κ3) is 6.98. The molecule has 4 rings (SSSR count). The topological polar surface area (TPSA) is 118 Å². The maximum absolute atomic E-state index is 11.3. The fraction of sp³-hybridized carbons (Fsp3) is 0.250. The summed E-state index contributed by atoms with van der Waals surface area (Å²) in [6, 6.07) is 14.0. The van der Waals surface area contributed by atoms with Gasteiger partial charge in [0.15, 0.2) is 0 Å². The fourth-order valence-corrected chi connectivity index (χ4v) is 4.00. The van der Waals surface area contributed by atoms with Crippen molar-refractivity contribution in [3.8, 4) is 11.5 Å². The minimum absolute atomic E-state index is 0. The van der Waals surface area contributed by atoms with Crippen LogP contribution in [0, 0.1) is 0 Å². The van der Waals surface area contributed by atoms with Crippen molar-refractivity contribution < 1.29 is 19.7 Å². The summed E-state index contributed by atoms with van der Waals surface area (Å²) in [6.07, 6.45) is 3.61. The van der Waals surface area contributed by atoms with E-state index in [2.05, 4.69) is 10.3 Å². The number of aromatic carboxylic acids is 1. The van der Waals surface area contributed by atoms with Crippen LogP contribution in [0.1, 0.15) is 39.6 Å². The van der Waals surface area contributed by atoms with Gasteiger partial charge in [0, 0.05) is 36.1 Å². The maximum atomic E-state index is 11.3. The molecule has 1 aliphatic carbocycles. The van der Waals surface area contributed by atoms with E-state index in [0.717, 1.165) is 30.4 Å². The molecule has 1 heterocycles. The molecule has 182 valence electrons. The van der Waals surface area contributed by atoms with E-state index in [9.17, 15) is 15.0 Å². The summed E-state index contributed by atoms with van der Waals surface area (Å²) < 4.78 is 5.90. The minimum Gasteiger partial charge on any atom is -0.478 e. The second-order valence-electron chi connectivity index (χ2n) is 7.91. The number of aryl methyl sites for hydroxylation is 1. The highest BCUT2D eigenvalue weighted by Crippen LogP contribution is 2.30. The van der Waals surface area contributed by atoms with Crippen molar-refractivity contribution in [3.05, 3.63) is 82.1 Å². The van der Waals surface area contributed by atoms with E-state index in [0.29, 0.717) is 28.9 Å². The number of nitrogens with zero attached hydrogens (tertiary/aromatic N) is 1. The number of anilines is 1. The molecule has 0 spiro atoms. The highest BCUT2D eigenvalue weighted by Gasteiger charge is 2.20. The number of fused-ring (bicyclic) bond motifs is 1. The van der Waals surface area contributed by atoms with E-state index < -0.39 is 12.1 Å². The lowest BCUT2D eigenvalue weighted by atomic mass is 9.88. The first-order chi connectivity index (χ1) is 15.4. The number of hydrogen-bond acceptors (Lipinski definition) is 6. The number of benzene rings is 2. The van der Waals surface area contributed by atoms with Crippen molar-refractivity contribution >= 4 is 48.1 Å². The number of aromatic nitrogens is 1. The molecule has 0 radical (unpaired) electrons. The standard InChI is InChI=1S/C24H24ClN3O4.2ClH/c25-23-6-3-15(12-28-23)22(29)13-27-19-4-1-14-2-5-20(9-16(14)8-19)32-21-10-17(24(30)31)7-18(26)11-21;;/h2-3,5-7,9-12,19,22,27,29H,1,4,8,13,26H2,(H,30,31);2*1H/t19-,22-;;/m0../s1. The lowest BCUT2D eigenvalue weighted by molar-refractivity contribution is 0.0696. The molecule has 0 fully saturated rings. The quantitative estimate of drug-likeness (QED) is 0.257. The van der Waals surface area contributed by atoms with Crippen LogP contribution >= 0.6 is 36.4 Å². The van der Waals surface area contributed by atoms with Crippen LogP contribution in [0.2, 0.25) is 5.15 Å². The first-order valence-corrected chi connectivity index (χ1v) is 10.7. The smallest absolute Gasteiger partial charge is 0.335 e. The van der Waals surface area contributed by atoms with Crippen molar-refractivity contribution in [3.63, 3.8) is 0 Å². The molecule has 0 amide bonds. The Labute approximate surface area is 215 Å². The van der Waals surface area contributed by atoms with Gasteiger partial charge < -0.3 is 26.0 Å². The van der Waals surface area contributed by atoms with Gasteiger partial charge in [-0.1, -0.05) is 23.7 Å². The van der Waals surface area contributed by atoms with Gasteiger partial charge in [0.2, 0.25) is 0 Å².